The van der Waals surface area contributed by atoms with Crippen molar-refractivity contribution in [2.24, 2.45) is 5.11 Å². The first-order chi connectivity index (χ1) is 14.2. The first kappa shape index (κ1) is 19.2. The second kappa shape index (κ2) is 8.46. The summed E-state index contributed by atoms with van der Waals surface area (Å²) in [6.45, 7) is 2.48. The van der Waals surface area contributed by atoms with Crippen molar-refractivity contribution in [1.29, 1.82) is 5.53 Å². The average molecular weight is 393 g/mol. The van der Waals surface area contributed by atoms with E-state index in [9.17, 15) is 0 Å². The number of ether oxygens (including phenoxy) is 1. The van der Waals surface area contributed by atoms with Gasteiger partial charge in [-0.2, -0.15) is 15.1 Å². The van der Waals surface area contributed by atoms with Crippen molar-refractivity contribution in [3.63, 3.8) is 0 Å². The number of benzene rings is 1. The van der Waals surface area contributed by atoms with Gasteiger partial charge in [-0.1, -0.05) is 25.3 Å². The van der Waals surface area contributed by atoms with Crippen LogP contribution >= 0.6 is 0 Å². The van der Waals surface area contributed by atoms with E-state index in [-0.39, 0.29) is 0 Å². The predicted molar refractivity (Wildman–Crippen MR) is 115 cm³/mol. The van der Waals surface area contributed by atoms with Gasteiger partial charge in [-0.3, -0.25) is 0 Å². The van der Waals surface area contributed by atoms with Gasteiger partial charge in [-0.15, -0.1) is 0 Å². The van der Waals surface area contributed by atoms with Gasteiger partial charge in [-0.05, 0) is 37.5 Å². The molecule has 1 fully saturated rings. The molecule has 0 unspecified atom stereocenters. The molecule has 8 nitrogen and oxygen atoms in total. The standard InChI is InChI=1S/C21H27N7O/c1-3-29-20-18-15(13-9-10-16(28-22)17(11-13)23-2)12-24-19(18)26-21(27-20)25-14-7-5-4-6-8-14/h9-12,14,22-23H,3-8H2,1-2H3,(H2,24,25,26,27). The van der Waals surface area contributed by atoms with Crippen molar-refractivity contribution < 1.29 is 4.74 Å². The Morgan fingerprint density at radius 2 is 2.07 bits per heavy atom. The zero-order valence-corrected chi connectivity index (χ0v) is 16.9. The maximum Gasteiger partial charge on any atom is 0.228 e. The smallest absolute Gasteiger partial charge is 0.228 e. The molecule has 0 aliphatic heterocycles. The lowest BCUT2D eigenvalue weighted by Crippen LogP contribution is -2.23. The third-order valence-electron chi connectivity index (χ3n) is 5.42. The van der Waals surface area contributed by atoms with Gasteiger partial charge in [0.2, 0.25) is 11.8 Å². The van der Waals surface area contributed by atoms with Crippen molar-refractivity contribution in [1.82, 2.24) is 15.0 Å². The van der Waals surface area contributed by atoms with Crippen LogP contribution in [-0.2, 0) is 0 Å². The lowest BCUT2D eigenvalue weighted by atomic mass is 9.96. The Hall–Kier alpha value is -3.16. The molecular formula is C21H27N7O. The Kier molecular flexibility index (Phi) is 5.59. The van der Waals surface area contributed by atoms with Crippen LogP contribution in [0, 0.1) is 5.53 Å². The molecule has 8 heteroatoms. The normalized spacial score (nSPS) is 14.7. The van der Waals surface area contributed by atoms with E-state index in [1.165, 1.54) is 19.3 Å². The molecule has 0 atom stereocenters. The fourth-order valence-corrected chi connectivity index (χ4v) is 3.96. The van der Waals surface area contributed by atoms with E-state index in [0.29, 0.717) is 30.2 Å². The second-order valence-corrected chi connectivity index (χ2v) is 7.28. The van der Waals surface area contributed by atoms with Crippen LogP contribution in [0.4, 0.5) is 17.3 Å². The summed E-state index contributed by atoms with van der Waals surface area (Å²) in [6, 6.07) is 6.16. The molecule has 0 radical (unpaired) electrons. The van der Waals surface area contributed by atoms with Crippen molar-refractivity contribution in [2.75, 3.05) is 24.3 Å². The molecule has 0 spiro atoms. The SMILES string of the molecule is CCOc1nc(NC2CCCCC2)nc2[nH]cc(-c3ccc(N=N)c(NC)c3)c12. The first-order valence-corrected chi connectivity index (χ1v) is 10.2. The van der Waals surface area contributed by atoms with E-state index in [4.69, 9.17) is 20.2 Å². The molecule has 0 bridgehead atoms. The first-order valence-electron chi connectivity index (χ1n) is 10.2. The van der Waals surface area contributed by atoms with E-state index >= 15 is 0 Å². The third-order valence-corrected chi connectivity index (χ3v) is 5.42. The van der Waals surface area contributed by atoms with Crippen molar-refractivity contribution in [3.8, 4) is 17.0 Å². The molecule has 1 saturated carbocycles. The van der Waals surface area contributed by atoms with Crippen LogP contribution in [0.2, 0.25) is 0 Å². The van der Waals surface area contributed by atoms with E-state index < -0.39 is 0 Å². The predicted octanol–water partition coefficient (Wildman–Crippen LogP) is 5.47. The highest BCUT2D eigenvalue weighted by molar-refractivity contribution is 5.98. The summed E-state index contributed by atoms with van der Waals surface area (Å²) in [5.74, 6) is 1.19. The van der Waals surface area contributed by atoms with Crippen LogP contribution in [-0.4, -0.2) is 34.6 Å². The largest absolute Gasteiger partial charge is 0.477 e. The summed E-state index contributed by atoms with van der Waals surface area (Å²) in [4.78, 5) is 12.7. The maximum atomic E-state index is 7.31. The van der Waals surface area contributed by atoms with E-state index in [0.717, 1.165) is 40.7 Å². The monoisotopic (exact) mass is 393 g/mol. The van der Waals surface area contributed by atoms with E-state index in [1.807, 2.05) is 38.4 Å². The number of fused-ring (bicyclic) bond motifs is 1. The summed E-state index contributed by atoms with van der Waals surface area (Å²) in [7, 11) is 1.82. The maximum absolute atomic E-state index is 7.31. The quantitative estimate of drug-likeness (QED) is 0.398. The zero-order chi connectivity index (χ0) is 20.2. The molecule has 0 saturated heterocycles. The Bertz CT molecular complexity index is 1010. The zero-order valence-electron chi connectivity index (χ0n) is 16.9. The number of H-pyrrole nitrogens is 1. The van der Waals surface area contributed by atoms with Gasteiger partial charge in [0.15, 0.2) is 0 Å². The summed E-state index contributed by atoms with van der Waals surface area (Å²) >= 11 is 0. The van der Waals surface area contributed by atoms with Crippen LogP contribution in [0.1, 0.15) is 39.0 Å². The third kappa shape index (κ3) is 3.87. The highest BCUT2D eigenvalue weighted by Crippen LogP contribution is 2.37. The lowest BCUT2D eigenvalue weighted by Gasteiger charge is -2.22. The molecule has 0 amide bonds. The Morgan fingerprint density at radius 3 is 2.79 bits per heavy atom. The van der Waals surface area contributed by atoms with Crippen molar-refractivity contribution in [3.05, 3.63) is 24.4 Å². The molecule has 1 aliphatic carbocycles. The molecule has 152 valence electrons. The molecule has 1 aliphatic rings. The van der Waals surface area contributed by atoms with E-state index in [1.54, 1.807) is 0 Å². The minimum atomic E-state index is 0.421. The number of rotatable bonds is 7. The van der Waals surface area contributed by atoms with Gasteiger partial charge in [-0.25, -0.2) is 5.53 Å². The minimum Gasteiger partial charge on any atom is -0.477 e. The summed E-state index contributed by atoms with van der Waals surface area (Å²) in [5.41, 5.74) is 11.4. The second-order valence-electron chi connectivity index (χ2n) is 7.28. The van der Waals surface area contributed by atoms with Crippen LogP contribution in [0.25, 0.3) is 22.2 Å². The van der Waals surface area contributed by atoms with Gasteiger partial charge < -0.3 is 20.4 Å². The summed E-state index contributed by atoms with van der Waals surface area (Å²) < 4.78 is 5.90. The van der Waals surface area contributed by atoms with Crippen molar-refractivity contribution in [2.45, 2.75) is 45.1 Å². The van der Waals surface area contributed by atoms with Crippen LogP contribution in [0.5, 0.6) is 5.88 Å². The fourth-order valence-electron chi connectivity index (χ4n) is 3.96. The van der Waals surface area contributed by atoms with Crippen LogP contribution < -0.4 is 15.4 Å². The van der Waals surface area contributed by atoms with Crippen LogP contribution in [0.3, 0.4) is 0 Å². The number of nitrogens with one attached hydrogen (secondary N) is 4. The number of hydrogen-bond donors (Lipinski definition) is 4. The number of aromatic amines is 1. The fraction of sp³-hybridized carbons (Fsp3) is 0.429. The molecule has 29 heavy (non-hydrogen) atoms. The summed E-state index contributed by atoms with van der Waals surface area (Å²) in [6.07, 6.45) is 8.04. The highest BCUT2D eigenvalue weighted by atomic mass is 16.5. The molecule has 2 heterocycles. The number of aromatic nitrogens is 3. The number of hydrogen-bond acceptors (Lipinski definition) is 7. The topological polar surface area (TPSA) is 111 Å². The molecule has 1 aromatic carbocycles. The lowest BCUT2D eigenvalue weighted by molar-refractivity contribution is 0.331. The van der Waals surface area contributed by atoms with Gasteiger partial charge in [0.25, 0.3) is 0 Å². The number of anilines is 2. The Balaban J connectivity index is 1.75. The Labute approximate surface area is 170 Å². The van der Waals surface area contributed by atoms with Crippen molar-refractivity contribution >= 4 is 28.4 Å². The Morgan fingerprint density at radius 1 is 1.24 bits per heavy atom. The molecule has 2 aromatic heterocycles. The average Bonchev–Trinajstić information content (AvgIpc) is 3.18. The van der Waals surface area contributed by atoms with Gasteiger partial charge >= 0.3 is 0 Å². The molecule has 4 rings (SSSR count). The molecular weight excluding hydrogens is 366 g/mol. The summed E-state index contributed by atoms with van der Waals surface area (Å²) in [5, 5.41) is 11.0. The number of nitrogens with zero attached hydrogens (tertiary/aromatic N) is 3. The van der Waals surface area contributed by atoms with Gasteiger partial charge in [0.05, 0.1) is 17.7 Å². The van der Waals surface area contributed by atoms with Gasteiger partial charge in [0, 0.05) is 24.8 Å². The molecule has 3 aromatic rings. The highest BCUT2D eigenvalue weighted by Gasteiger charge is 2.19. The van der Waals surface area contributed by atoms with Gasteiger partial charge in [0.1, 0.15) is 11.3 Å². The van der Waals surface area contributed by atoms with E-state index in [2.05, 4.69) is 20.7 Å². The van der Waals surface area contributed by atoms with Crippen LogP contribution in [0.15, 0.2) is 29.5 Å². The molecule has 4 N–H and O–H groups in total. The minimum absolute atomic E-state index is 0.421.